The van der Waals surface area contributed by atoms with Crippen LogP contribution in [0.3, 0.4) is 0 Å². The van der Waals surface area contributed by atoms with E-state index < -0.39 is 0 Å². The minimum atomic E-state index is -0.0793. The summed E-state index contributed by atoms with van der Waals surface area (Å²) in [5.74, 6) is 0.206. The lowest BCUT2D eigenvalue weighted by Gasteiger charge is -2.30. The largest absolute Gasteiger partial charge is 0.508 e. The summed E-state index contributed by atoms with van der Waals surface area (Å²) in [7, 11) is 0. The smallest absolute Gasteiger partial charge is 0.253 e. The van der Waals surface area contributed by atoms with Crippen LogP contribution in [-0.4, -0.2) is 34.8 Å². The molecule has 1 aromatic rings. The average molecular weight is 233 g/mol. The maximum Gasteiger partial charge on any atom is 0.253 e. The topological polar surface area (TPSA) is 57.6 Å². The number of aromatic hydroxyl groups is 1. The summed E-state index contributed by atoms with van der Waals surface area (Å²) in [6, 6.07) is 6.18. The number of Topliss-reactive ketones (excluding diaryl/α,β-unsaturated/α-hetero) is 1. The van der Waals surface area contributed by atoms with E-state index in [0.29, 0.717) is 25.1 Å². The van der Waals surface area contributed by atoms with Crippen LogP contribution in [0.5, 0.6) is 5.75 Å². The summed E-state index contributed by atoms with van der Waals surface area (Å²) in [5, 5.41) is 9.16. The molecule has 0 aromatic heterocycles. The first-order valence-corrected chi connectivity index (χ1v) is 5.69. The number of amides is 1. The molecule has 0 radical (unpaired) electrons. The van der Waals surface area contributed by atoms with Crippen molar-refractivity contribution in [2.75, 3.05) is 13.1 Å². The molecule has 17 heavy (non-hydrogen) atoms. The Balaban J connectivity index is 2.10. The fourth-order valence-corrected chi connectivity index (χ4v) is 1.99. The van der Waals surface area contributed by atoms with E-state index in [-0.39, 0.29) is 23.4 Å². The first-order chi connectivity index (χ1) is 8.08. The van der Waals surface area contributed by atoms with Crippen LogP contribution in [0.1, 0.15) is 23.7 Å². The number of rotatable bonds is 1. The van der Waals surface area contributed by atoms with E-state index in [1.165, 1.54) is 12.1 Å². The highest BCUT2D eigenvalue weighted by molar-refractivity contribution is 5.95. The number of carbonyl (C=O) groups excluding carboxylic acids is 2. The van der Waals surface area contributed by atoms with Crippen molar-refractivity contribution >= 4 is 11.7 Å². The molecule has 1 aliphatic rings. The lowest BCUT2D eigenvalue weighted by atomic mass is 9.98. The molecule has 0 bridgehead atoms. The zero-order valence-electron chi connectivity index (χ0n) is 9.72. The van der Waals surface area contributed by atoms with Crippen LogP contribution >= 0.6 is 0 Å². The first-order valence-electron chi connectivity index (χ1n) is 5.69. The van der Waals surface area contributed by atoms with Gasteiger partial charge in [0.05, 0.1) is 0 Å². The summed E-state index contributed by atoms with van der Waals surface area (Å²) < 4.78 is 0. The number of phenolic OH excluding ortho intramolecular Hbond substituents is 1. The fourth-order valence-electron chi connectivity index (χ4n) is 1.99. The van der Waals surface area contributed by atoms with Gasteiger partial charge in [-0.1, -0.05) is 6.92 Å². The number of hydrogen-bond donors (Lipinski definition) is 1. The normalized spacial score (nSPS) is 20.4. The molecule has 1 aromatic carbocycles. The fraction of sp³-hybridized carbons (Fsp3) is 0.385. The molecule has 0 aliphatic carbocycles. The molecule has 1 aliphatic heterocycles. The van der Waals surface area contributed by atoms with E-state index in [9.17, 15) is 9.59 Å². The molecule has 1 saturated heterocycles. The van der Waals surface area contributed by atoms with Gasteiger partial charge in [-0.15, -0.1) is 0 Å². The minimum Gasteiger partial charge on any atom is -0.508 e. The Morgan fingerprint density at radius 2 is 2.00 bits per heavy atom. The molecular weight excluding hydrogens is 218 g/mol. The molecule has 90 valence electrons. The second kappa shape index (κ2) is 4.57. The van der Waals surface area contributed by atoms with Crippen LogP contribution in [0, 0.1) is 5.92 Å². The molecule has 1 heterocycles. The van der Waals surface area contributed by atoms with Crippen molar-refractivity contribution in [3.63, 3.8) is 0 Å². The van der Waals surface area contributed by atoms with Gasteiger partial charge in [0.1, 0.15) is 11.5 Å². The summed E-state index contributed by atoms with van der Waals surface area (Å²) >= 11 is 0. The zero-order chi connectivity index (χ0) is 12.4. The molecule has 4 nitrogen and oxygen atoms in total. The first kappa shape index (κ1) is 11.6. The summed E-state index contributed by atoms with van der Waals surface area (Å²) in [6.45, 7) is 2.82. The van der Waals surface area contributed by atoms with Gasteiger partial charge in [0.25, 0.3) is 5.91 Å². The van der Waals surface area contributed by atoms with Gasteiger partial charge in [-0.3, -0.25) is 9.59 Å². The molecule has 1 amide bonds. The monoisotopic (exact) mass is 233 g/mol. The molecule has 1 atom stereocenters. The third-order valence-electron chi connectivity index (χ3n) is 3.07. The zero-order valence-corrected chi connectivity index (χ0v) is 9.72. The van der Waals surface area contributed by atoms with Gasteiger partial charge in [-0.05, 0) is 24.3 Å². The Kier molecular flexibility index (Phi) is 3.13. The van der Waals surface area contributed by atoms with Crippen molar-refractivity contribution in [1.82, 2.24) is 4.90 Å². The number of phenols is 1. The van der Waals surface area contributed by atoms with E-state index in [0.717, 1.165) is 0 Å². The van der Waals surface area contributed by atoms with Crippen LogP contribution < -0.4 is 0 Å². The molecule has 4 heteroatoms. The number of nitrogens with zero attached hydrogens (tertiary/aromatic N) is 1. The van der Waals surface area contributed by atoms with Gasteiger partial charge < -0.3 is 10.0 Å². The van der Waals surface area contributed by atoms with Crippen molar-refractivity contribution < 1.29 is 14.7 Å². The predicted octanol–water partition coefficient (Wildman–Crippen LogP) is 1.44. The van der Waals surface area contributed by atoms with Gasteiger partial charge in [-0.25, -0.2) is 0 Å². The molecule has 1 fully saturated rings. The number of carbonyl (C=O) groups is 2. The summed E-state index contributed by atoms with van der Waals surface area (Å²) in [4.78, 5) is 25.2. The molecule has 2 rings (SSSR count). The molecule has 1 unspecified atom stereocenters. The summed E-state index contributed by atoms with van der Waals surface area (Å²) in [6.07, 6.45) is 0.436. The van der Waals surface area contributed by atoms with E-state index in [4.69, 9.17) is 5.11 Å². The van der Waals surface area contributed by atoms with E-state index in [2.05, 4.69) is 0 Å². The maximum absolute atomic E-state index is 12.1. The Labute approximate surface area is 99.9 Å². The van der Waals surface area contributed by atoms with Crippen LogP contribution in [0.15, 0.2) is 24.3 Å². The van der Waals surface area contributed by atoms with Gasteiger partial charge in [-0.2, -0.15) is 0 Å². The number of ketones is 1. The lowest BCUT2D eigenvalue weighted by molar-refractivity contribution is -0.124. The quantitative estimate of drug-likeness (QED) is 0.798. The van der Waals surface area contributed by atoms with Crippen molar-refractivity contribution in [1.29, 1.82) is 0 Å². The standard InChI is InChI=1S/C13H15NO3/c1-9-8-14(7-6-12(9)16)13(17)10-2-4-11(15)5-3-10/h2-5,9,15H,6-8H2,1H3. The van der Waals surface area contributed by atoms with E-state index in [1.54, 1.807) is 17.0 Å². The highest BCUT2D eigenvalue weighted by Gasteiger charge is 2.27. The highest BCUT2D eigenvalue weighted by atomic mass is 16.3. The molecule has 0 saturated carbocycles. The third-order valence-corrected chi connectivity index (χ3v) is 3.07. The van der Waals surface area contributed by atoms with Crippen LogP contribution in [0.2, 0.25) is 0 Å². The van der Waals surface area contributed by atoms with Crippen molar-refractivity contribution in [3.05, 3.63) is 29.8 Å². The molecular formula is C13H15NO3. The third kappa shape index (κ3) is 2.46. The number of piperidine rings is 1. The SMILES string of the molecule is CC1CN(C(=O)c2ccc(O)cc2)CCC1=O. The lowest BCUT2D eigenvalue weighted by Crippen LogP contribution is -2.43. The Bertz CT molecular complexity index is 438. The van der Waals surface area contributed by atoms with Crippen molar-refractivity contribution in [3.8, 4) is 5.75 Å². The maximum atomic E-state index is 12.1. The Morgan fingerprint density at radius 1 is 1.35 bits per heavy atom. The predicted molar refractivity (Wildman–Crippen MR) is 62.8 cm³/mol. The minimum absolute atomic E-state index is 0.0789. The van der Waals surface area contributed by atoms with Crippen LogP contribution in [-0.2, 0) is 4.79 Å². The second-order valence-corrected chi connectivity index (χ2v) is 4.42. The van der Waals surface area contributed by atoms with Crippen molar-refractivity contribution in [2.24, 2.45) is 5.92 Å². The van der Waals surface area contributed by atoms with Crippen LogP contribution in [0.4, 0.5) is 0 Å². The van der Waals surface area contributed by atoms with E-state index in [1.807, 2.05) is 6.92 Å². The Morgan fingerprint density at radius 3 is 2.59 bits per heavy atom. The number of hydrogen-bond acceptors (Lipinski definition) is 3. The molecule has 1 N–H and O–H groups in total. The van der Waals surface area contributed by atoms with Crippen LogP contribution in [0.25, 0.3) is 0 Å². The highest BCUT2D eigenvalue weighted by Crippen LogP contribution is 2.17. The van der Waals surface area contributed by atoms with Crippen molar-refractivity contribution in [2.45, 2.75) is 13.3 Å². The van der Waals surface area contributed by atoms with Gasteiger partial charge in [0.2, 0.25) is 0 Å². The van der Waals surface area contributed by atoms with Gasteiger partial charge in [0.15, 0.2) is 0 Å². The van der Waals surface area contributed by atoms with Gasteiger partial charge in [0, 0.05) is 31.0 Å². The second-order valence-electron chi connectivity index (χ2n) is 4.42. The average Bonchev–Trinajstić information content (AvgIpc) is 2.33. The number of benzene rings is 1. The van der Waals surface area contributed by atoms with Gasteiger partial charge >= 0.3 is 0 Å². The Hall–Kier alpha value is -1.84. The summed E-state index contributed by atoms with van der Waals surface area (Å²) in [5.41, 5.74) is 0.546. The molecule has 0 spiro atoms. The van der Waals surface area contributed by atoms with E-state index >= 15 is 0 Å². The number of likely N-dealkylation sites (tertiary alicyclic amines) is 1.